The van der Waals surface area contributed by atoms with Crippen molar-refractivity contribution in [3.63, 3.8) is 0 Å². The molecular formula is C14H17F2N5O2S. The second-order valence-electron chi connectivity index (χ2n) is 4.72. The summed E-state index contributed by atoms with van der Waals surface area (Å²) in [4.78, 5) is 11.6. The van der Waals surface area contributed by atoms with Crippen LogP contribution in [0.5, 0.6) is 5.75 Å². The molecular weight excluding hydrogens is 340 g/mol. The fourth-order valence-corrected chi connectivity index (χ4v) is 2.49. The fraction of sp³-hybridized carbons (Fsp3) is 0.357. The Labute approximate surface area is 141 Å². The molecule has 0 radical (unpaired) electrons. The normalized spacial score (nSPS) is 10.8. The van der Waals surface area contributed by atoms with Crippen LogP contribution in [0.2, 0.25) is 0 Å². The van der Waals surface area contributed by atoms with Gasteiger partial charge in [-0.1, -0.05) is 18.7 Å². The average Bonchev–Trinajstić information content (AvgIpc) is 2.92. The lowest BCUT2D eigenvalue weighted by Gasteiger charge is -2.06. The summed E-state index contributed by atoms with van der Waals surface area (Å²) in [5, 5.41) is 11.0. The minimum Gasteiger partial charge on any atom is -0.435 e. The molecule has 0 aliphatic rings. The highest BCUT2D eigenvalue weighted by atomic mass is 32.2. The number of rotatable bonds is 8. The SMILES string of the molecule is CCCNC(=O)CSc1nnc(-c2ccc(OC(F)F)cc2)n1N. The Bertz CT molecular complexity index is 678. The van der Waals surface area contributed by atoms with E-state index in [-0.39, 0.29) is 17.4 Å². The third-order valence-corrected chi connectivity index (χ3v) is 3.85. The maximum Gasteiger partial charge on any atom is 0.387 e. The lowest BCUT2D eigenvalue weighted by molar-refractivity contribution is -0.118. The van der Waals surface area contributed by atoms with E-state index >= 15 is 0 Å². The third-order valence-electron chi connectivity index (χ3n) is 2.91. The van der Waals surface area contributed by atoms with Crippen molar-refractivity contribution in [3.05, 3.63) is 24.3 Å². The summed E-state index contributed by atoms with van der Waals surface area (Å²) in [6.07, 6.45) is 0.860. The van der Waals surface area contributed by atoms with Crippen molar-refractivity contribution in [2.45, 2.75) is 25.1 Å². The minimum absolute atomic E-state index is 0.0408. The van der Waals surface area contributed by atoms with Crippen LogP contribution in [0, 0.1) is 0 Å². The number of benzene rings is 1. The molecule has 3 N–H and O–H groups in total. The first-order chi connectivity index (χ1) is 11.5. The van der Waals surface area contributed by atoms with E-state index in [9.17, 15) is 13.6 Å². The summed E-state index contributed by atoms with van der Waals surface area (Å²) >= 11 is 1.16. The number of hydrogen-bond donors (Lipinski definition) is 2. The number of halogens is 2. The van der Waals surface area contributed by atoms with E-state index in [1.807, 2.05) is 6.92 Å². The van der Waals surface area contributed by atoms with Crippen molar-refractivity contribution in [1.29, 1.82) is 0 Å². The van der Waals surface area contributed by atoms with Crippen molar-refractivity contribution < 1.29 is 18.3 Å². The summed E-state index contributed by atoms with van der Waals surface area (Å²) in [5.41, 5.74) is 0.592. The Morgan fingerprint density at radius 2 is 2.08 bits per heavy atom. The first kappa shape index (κ1) is 18.0. The van der Waals surface area contributed by atoms with Gasteiger partial charge in [-0.2, -0.15) is 8.78 Å². The molecule has 1 heterocycles. The topological polar surface area (TPSA) is 95.1 Å². The van der Waals surface area contributed by atoms with Gasteiger partial charge in [-0.3, -0.25) is 4.79 Å². The van der Waals surface area contributed by atoms with Gasteiger partial charge in [0.15, 0.2) is 5.82 Å². The highest BCUT2D eigenvalue weighted by Crippen LogP contribution is 2.24. The van der Waals surface area contributed by atoms with Gasteiger partial charge in [0.2, 0.25) is 11.1 Å². The number of hydrogen-bond acceptors (Lipinski definition) is 6. The zero-order valence-electron chi connectivity index (χ0n) is 12.9. The van der Waals surface area contributed by atoms with Gasteiger partial charge in [0, 0.05) is 12.1 Å². The summed E-state index contributed by atoms with van der Waals surface area (Å²) in [6.45, 7) is -0.295. The molecule has 24 heavy (non-hydrogen) atoms. The van der Waals surface area contributed by atoms with E-state index in [0.29, 0.717) is 23.1 Å². The molecule has 130 valence electrons. The highest BCUT2D eigenvalue weighted by molar-refractivity contribution is 7.99. The maximum atomic E-state index is 12.1. The van der Waals surface area contributed by atoms with Crippen LogP contribution in [0.1, 0.15) is 13.3 Å². The Balaban J connectivity index is 2.02. The van der Waals surface area contributed by atoms with Gasteiger partial charge in [-0.05, 0) is 30.7 Å². The van der Waals surface area contributed by atoms with Crippen LogP contribution >= 0.6 is 11.8 Å². The molecule has 0 saturated carbocycles. The first-order valence-electron chi connectivity index (χ1n) is 7.16. The molecule has 0 unspecified atom stereocenters. The second kappa shape index (κ2) is 8.48. The molecule has 0 bridgehead atoms. The smallest absolute Gasteiger partial charge is 0.387 e. The lowest BCUT2D eigenvalue weighted by Crippen LogP contribution is -2.26. The van der Waals surface area contributed by atoms with E-state index in [2.05, 4.69) is 20.3 Å². The Hall–Kier alpha value is -2.36. The van der Waals surface area contributed by atoms with Crippen LogP contribution in [0.3, 0.4) is 0 Å². The van der Waals surface area contributed by atoms with E-state index in [1.165, 1.54) is 16.8 Å². The van der Waals surface area contributed by atoms with Crippen LogP contribution in [0.25, 0.3) is 11.4 Å². The number of aromatic nitrogens is 3. The monoisotopic (exact) mass is 357 g/mol. The Morgan fingerprint density at radius 1 is 1.38 bits per heavy atom. The van der Waals surface area contributed by atoms with Gasteiger partial charge in [0.25, 0.3) is 0 Å². The van der Waals surface area contributed by atoms with Gasteiger partial charge >= 0.3 is 6.61 Å². The molecule has 0 spiro atoms. The van der Waals surface area contributed by atoms with Gasteiger partial charge in [-0.15, -0.1) is 10.2 Å². The fourth-order valence-electron chi connectivity index (χ4n) is 1.80. The second-order valence-corrected chi connectivity index (χ2v) is 5.66. The van der Waals surface area contributed by atoms with E-state index in [1.54, 1.807) is 12.1 Å². The molecule has 0 atom stereocenters. The highest BCUT2D eigenvalue weighted by Gasteiger charge is 2.14. The maximum absolute atomic E-state index is 12.1. The molecule has 0 aliphatic carbocycles. The van der Waals surface area contributed by atoms with Crippen LogP contribution in [-0.2, 0) is 4.79 Å². The summed E-state index contributed by atoms with van der Waals surface area (Å²) in [7, 11) is 0. The molecule has 2 aromatic rings. The number of nitrogen functional groups attached to an aromatic ring is 1. The summed E-state index contributed by atoms with van der Waals surface area (Å²) in [6, 6.07) is 5.88. The van der Waals surface area contributed by atoms with Crippen molar-refractivity contribution >= 4 is 17.7 Å². The van der Waals surface area contributed by atoms with Gasteiger partial charge in [0.05, 0.1) is 5.75 Å². The first-order valence-corrected chi connectivity index (χ1v) is 8.15. The minimum atomic E-state index is -2.88. The number of thioether (sulfide) groups is 1. The zero-order chi connectivity index (χ0) is 17.5. The van der Waals surface area contributed by atoms with Crippen LogP contribution in [-0.4, -0.2) is 39.7 Å². The number of alkyl halides is 2. The molecule has 0 saturated heterocycles. The molecule has 1 amide bonds. The summed E-state index contributed by atoms with van der Waals surface area (Å²) in [5.74, 6) is 6.39. The van der Waals surface area contributed by atoms with Crippen molar-refractivity contribution in [3.8, 4) is 17.1 Å². The number of nitrogens with one attached hydrogen (secondary N) is 1. The molecule has 10 heteroatoms. The number of carbonyl (C=O) groups excluding carboxylic acids is 1. The van der Waals surface area contributed by atoms with Gasteiger partial charge in [-0.25, -0.2) is 4.68 Å². The van der Waals surface area contributed by atoms with E-state index in [0.717, 1.165) is 18.2 Å². The quantitative estimate of drug-likeness (QED) is 0.553. The number of ether oxygens (including phenoxy) is 1. The predicted octanol–water partition coefficient (Wildman–Crippen LogP) is 1.88. The molecule has 1 aromatic carbocycles. The number of carbonyl (C=O) groups is 1. The van der Waals surface area contributed by atoms with E-state index < -0.39 is 6.61 Å². The lowest BCUT2D eigenvalue weighted by atomic mass is 10.2. The van der Waals surface area contributed by atoms with E-state index in [4.69, 9.17) is 5.84 Å². The molecule has 1 aromatic heterocycles. The number of nitrogens with two attached hydrogens (primary N) is 1. The standard InChI is InChI=1S/C14H17F2N5O2S/c1-2-7-18-11(22)8-24-14-20-19-12(21(14)17)9-3-5-10(6-4-9)23-13(15)16/h3-6,13H,2,7-8,17H2,1H3,(H,18,22). The number of amides is 1. The summed E-state index contributed by atoms with van der Waals surface area (Å²) < 4.78 is 29.8. The largest absolute Gasteiger partial charge is 0.435 e. The number of nitrogens with zero attached hydrogens (tertiary/aromatic N) is 3. The third kappa shape index (κ3) is 4.82. The van der Waals surface area contributed by atoms with Crippen LogP contribution < -0.4 is 15.9 Å². The molecule has 2 rings (SSSR count). The molecule has 0 fully saturated rings. The van der Waals surface area contributed by atoms with Crippen LogP contribution in [0.4, 0.5) is 8.78 Å². The van der Waals surface area contributed by atoms with Crippen molar-refractivity contribution in [2.24, 2.45) is 0 Å². The van der Waals surface area contributed by atoms with Crippen molar-refractivity contribution in [2.75, 3.05) is 18.1 Å². The zero-order valence-corrected chi connectivity index (χ0v) is 13.7. The predicted molar refractivity (Wildman–Crippen MR) is 86.3 cm³/mol. The Kier molecular flexibility index (Phi) is 6.36. The molecule has 0 aliphatic heterocycles. The van der Waals surface area contributed by atoms with Gasteiger partial charge in [0.1, 0.15) is 5.75 Å². The molecule has 7 nitrogen and oxygen atoms in total. The van der Waals surface area contributed by atoms with Crippen molar-refractivity contribution in [1.82, 2.24) is 20.2 Å². The average molecular weight is 357 g/mol. The van der Waals surface area contributed by atoms with Crippen LogP contribution in [0.15, 0.2) is 29.4 Å². The van der Waals surface area contributed by atoms with Gasteiger partial charge < -0.3 is 15.9 Å². The Morgan fingerprint density at radius 3 is 2.71 bits per heavy atom.